The van der Waals surface area contributed by atoms with Crippen LogP contribution in [0.2, 0.25) is 0 Å². The zero-order valence-corrected chi connectivity index (χ0v) is 8.85. The molecule has 0 amide bonds. The van der Waals surface area contributed by atoms with Crippen molar-refractivity contribution in [1.82, 2.24) is 0 Å². The Morgan fingerprint density at radius 2 is 2.42 bits per heavy atom. The average molecular weight is 182 g/mol. The van der Waals surface area contributed by atoms with Gasteiger partial charge in [0.2, 0.25) is 0 Å². The van der Waals surface area contributed by atoms with Crippen molar-refractivity contribution in [3.05, 3.63) is 23.8 Å². The Bertz CT molecular complexity index is 187. The molecule has 0 aromatic carbocycles. The zero-order valence-electron chi connectivity index (χ0n) is 7.96. The molecule has 0 saturated heterocycles. The molecule has 0 nitrogen and oxygen atoms in total. The first kappa shape index (κ1) is 9.91. The molecular weight excluding hydrogens is 164 g/mol. The van der Waals surface area contributed by atoms with Crippen molar-refractivity contribution in [2.75, 3.05) is 5.75 Å². The van der Waals surface area contributed by atoms with Crippen molar-refractivity contribution in [3.63, 3.8) is 0 Å². The van der Waals surface area contributed by atoms with Crippen molar-refractivity contribution in [3.8, 4) is 0 Å². The lowest BCUT2D eigenvalue weighted by molar-refractivity contribution is 0.424. The molecule has 2 atom stereocenters. The van der Waals surface area contributed by atoms with Crippen LogP contribution < -0.4 is 0 Å². The van der Waals surface area contributed by atoms with Crippen molar-refractivity contribution in [2.24, 2.45) is 11.8 Å². The summed E-state index contributed by atoms with van der Waals surface area (Å²) in [5, 5.41) is 0. The van der Waals surface area contributed by atoms with Gasteiger partial charge in [0, 0.05) is 0 Å². The van der Waals surface area contributed by atoms with Crippen LogP contribution in [0.25, 0.3) is 0 Å². The summed E-state index contributed by atoms with van der Waals surface area (Å²) in [5.41, 5.74) is 1.40. The molecule has 0 fully saturated rings. The minimum absolute atomic E-state index is 0.733. The molecule has 1 heteroatoms. The third kappa shape index (κ3) is 2.41. The van der Waals surface area contributed by atoms with E-state index in [-0.39, 0.29) is 0 Å². The molecule has 0 N–H and O–H groups in total. The van der Waals surface area contributed by atoms with E-state index in [0.29, 0.717) is 0 Å². The fraction of sp³-hybridized carbons (Fsp3) is 0.636. The van der Waals surface area contributed by atoms with Crippen LogP contribution >= 0.6 is 12.6 Å². The Hall–Kier alpha value is -0.170. The van der Waals surface area contributed by atoms with Gasteiger partial charge in [0.25, 0.3) is 0 Å². The third-order valence-electron chi connectivity index (χ3n) is 2.68. The molecule has 1 aliphatic rings. The lowest BCUT2D eigenvalue weighted by Crippen LogP contribution is -2.14. The van der Waals surface area contributed by atoms with Crippen LogP contribution in [0.5, 0.6) is 0 Å². The van der Waals surface area contributed by atoms with Gasteiger partial charge in [-0.1, -0.05) is 37.1 Å². The predicted molar refractivity (Wildman–Crippen MR) is 58.6 cm³/mol. The smallest absolute Gasteiger partial charge is 0.00639 e. The summed E-state index contributed by atoms with van der Waals surface area (Å²) < 4.78 is 0. The number of hydrogen-bond donors (Lipinski definition) is 1. The molecule has 0 aromatic heterocycles. The van der Waals surface area contributed by atoms with E-state index in [0.717, 1.165) is 17.6 Å². The molecule has 0 bridgehead atoms. The zero-order chi connectivity index (χ0) is 8.97. The topological polar surface area (TPSA) is 0 Å². The van der Waals surface area contributed by atoms with Gasteiger partial charge in [-0.2, -0.15) is 12.6 Å². The molecule has 1 rings (SSSR count). The highest BCUT2D eigenvalue weighted by atomic mass is 32.1. The predicted octanol–water partition coefficient (Wildman–Crippen LogP) is 3.46. The van der Waals surface area contributed by atoms with Crippen molar-refractivity contribution >= 4 is 12.6 Å². The molecule has 1 aliphatic carbocycles. The first-order chi connectivity index (χ1) is 5.77. The molecule has 2 unspecified atom stereocenters. The standard InChI is InChI=1S/C11H18S/c1-3-10(8-12)11-6-4-9(2)5-7-11/h4-6,10-12H,3,7-8H2,1-2H3. The minimum Gasteiger partial charge on any atom is -0.179 e. The molecule has 0 aromatic rings. The average Bonchev–Trinajstić information content (AvgIpc) is 2.10. The van der Waals surface area contributed by atoms with E-state index in [2.05, 4.69) is 44.7 Å². The molecule has 0 aliphatic heterocycles. The molecule has 0 spiro atoms. The minimum atomic E-state index is 0.733. The number of thiol groups is 1. The van der Waals surface area contributed by atoms with Gasteiger partial charge in [0.1, 0.15) is 0 Å². The summed E-state index contributed by atoms with van der Waals surface area (Å²) in [6, 6.07) is 0. The van der Waals surface area contributed by atoms with Crippen LogP contribution in [0.1, 0.15) is 26.7 Å². The van der Waals surface area contributed by atoms with Crippen molar-refractivity contribution in [2.45, 2.75) is 26.7 Å². The van der Waals surface area contributed by atoms with E-state index in [1.165, 1.54) is 18.4 Å². The normalized spacial score (nSPS) is 25.2. The third-order valence-corrected chi connectivity index (χ3v) is 3.15. The lowest BCUT2D eigenvalue weighted by atomic mass is 9.85. The summed E-state index contributed by atoms with van der Waals surface area (Å²) in [5.74, 6) is 2.50. The lowest BCUT2D eigenvalue weighted by Gasteiger charge is -2.22. The van der Waals surface area contributed by atoms with Crippen LogP contribution in [0.15, 0.2) is 23.8 Å². The van der Waals surface area contributed by atoms with Gasteiger partial charge in [-0.25, -0.2) is 0 Å². The van der Waals surface area contributed by atoms with Gasteiger partial charge in [-0.15, -0.1) is 0 Å². The maximum atomic E-state index is 4.37. The maximum absolute atomic E-state index is 4.37. The van der Waals surface area contributed by atoms with E-state index < -0.39 is 0 Å². The Morgan fingerprint density at radius 1 is 1.67 bits per heavy atom. The summed E-state index contributed by atoms with van der Waals surface area (Å²) in [4.78, 5) is 0. The van der Waals surface area contributed by atoms with Crippen LogP contribution in [0.4, 0.5) is 0 Å². The maximum Gasteiger partial charge on any atom is -0.00639 e. The van der Waals surface area contributed by atoms with Crippen molar-refractivity contribution in [1.29, 1.82) is 0 Å². The van der Waals surface area contributed by atoms with Gasteiger partial charge in [-0.05, 0) is 30.9 Å². The van der Waals surface area contributed by atoms with E-state index in [9.17, 15) is 0 Å². The number of allylic oxidation sites excluding steroid dienone is 4. The first-order valence-electron chi connectivity index (χ1n) is 4.73. The van der Waals surface area contributed by atoms with Crippen LogP contribution in [-0.4, -0.2) is 5.75 Å². The van der Waals surface area contributed by atoms with Gasteiger partial charge in [-0.3, -0.25) is 0 Å². The largest absolute Gasteiger partial charge is 0.179 e. The van der Waals surface area contributed by atoms with Gasteiger partial charge in [0.15, 0.2) is 0 Å². The van der Waals surface area contributed by atoms with Crippen molar-refractivity contribution < 1.29 is 0 Å². The molecule has 12 heavy (non-hydrogen) atoms. The molecular formula is C11H18S. The second-order valence-corrected chi connectivity index (χ2v) is 3.92. The second kappa shape index (κ2) is 4.76. The van der Waals surface area contributed by atoms with Crippen LogP contribution in [0.3, 0.4) is 0 Å². The SMILES string of the molecule is CCC(CS)C1C=CC(C)=CC1. The monoisotopic (exact) mass is 182 g/mol. The summed E-state index contributed by atoms with van der Waals surface area (Å²) in [6.07, 6.45) is 9.36. The van der Waals surface area contributed by atoms with E-state index in [4.69, 9.17) is 0 Å². The number of hydrogen-bond acceptors (Lipinski definition) is 1. The van der Waals surface area contributed by atoms with E-state index in [1.807, 2.05) is 0 Å². The molecule has 0 radical (unpaired) electrons. The summed E-state index contributed by atoms with van der Waals surface area (Å²) >= 11 is 4.37. The van der Waals surface area contributed by atoms with Crippen LogP contribution in [0, 0.1) is 11.8 Å². The Morgan fingerprint density at radius 3 is 2.83 bits per heavy atom. The molecule has 0 heterocycles. The van der Waals surface area contributed by atoms with Gasteiger partial charge < -0.3 is 0 Å². The summed E-state index contributed by atoms with van der Waals surface area (Å²) in [7, 11) is 0. The van der Waals surface area contributed by atoms with Gasteiger partial charge in [0.05, 0.1) is 0 Å². The summed E-state index contributed by atoms with van der Waals surface area (Å²) in [6.45, 7) is 4.41. The molecule has 68 valence electrons. The highest BCUT2D eigenvalue weighted by molar-refractivity contribution is 7.80. The molecule has 0 saturated carbocycles. The van der Waals surface area contributed by atoms with Gasteiger partial charge >= 0.3 is 0 Å². The fourth-order valence-electron chi connectivity index (χ4n) is 1.66. The highest BCUT2D eigenvalue weighted by Gasteiger charge is 2.16. The Kier molecular flexibility index (Phi) is 3.93. The Labute approximate surface area is 81.2 Å². The van der Waals surface area contributed by atoms with Crippen LogP contribution in [-0.2, 0) is 0 Å². The van der Waals surface area contributed by atoms with E-state index >= 15 is 0 Å². The quantitative estimate of drug-likeness (QED) is 0.635. The second-order valence-electron chi connectivity index (χ2n) is 3.56. The first-order valence-corrected chi connectivity index (χ1v) is 5.37. The fourth-order valence-corrected chi connectivity index (χ4v) is 2.19. The van der Waals surface area contributed by atoms with E-state index in [1.54, 1.807) is 0 Å². The highest BCUT2D eigenvalue weighted by Crippen LogP contribution is 2.26. The number of rotatable bonds is 3. The Balaban J connectivity index is 2.51.